The Balaban J connectivity index is 1.41. The van der Waals surface area contributed by atoms with E-state index >= 15 is 0 Å². The molecule has 2 amide bonds. The molecule has 38 heavy (non-hydrogen) atoms. The molecule has 0 fully saturated rings. The van der Waals surface area contributed by atoms with Gasteiger partial charge < -0.3 is 15.5 Å². The van der Waals surface area contributed by atoms with Gasteiger partial charge in [-0.15, -0.1) is 11.3 Å². The molecule has 4 rings (SSSR count). The molecule has 1 heterocycles. The van der Waals surface area contributed by atoms with E-state index in [1.807, 2.05) is 18.2 Å². The average molecular weight is 536 g/mol. The Morgan fingerprint density at radius 2 is 1.87 bits per heavy atom. The van der Waals surface area contributed by atoms with Gasteiger partial charge in [0.25, 0.3) is 11.8 Å². The van der Waals surface area contributed by atoms with Crippen LogP contribution in [0.25, 0.3) is 0 Å². The number of rotatable bonds is 12. The molecule has 0 radical (unpaired) electrons. The van der Waals surface area contributed by atoms with Gasteiger partial charge in [0.2, 0.25) is 0 Å². The lowest BCUT2D eigenvalue weighted by atomic mass is 10.1. The fourth-order valence-corrected chi connectivity index (χ4v) is 5.79. The summed E-state index contributed by atoms with van der Waals surface area (Å²) >= 11 is 1.46. The molecular formula is C29H34FN5O2S. The predicted octanol–water partition coefficient (Wildman–Crippen LogP) is 4.82. The lowest BCUT2D eigenvalue weighted by molar-refractivity contribution is 0.0955. The van der Waals surface area contributed by atoms with Crippen LogP contribution >= 0.6 is 11.3 Å². The number of nitrogens with zero attached hydrogens (tertiary/aromatic N) is 2. The zero-order valence-corrected chi connectivity index (χ0v) is 22.7. The summed E-state index contributed by atoms with van der Waals surface area (Å²) in [6.45, 7) is 8.90. The highest BCUT2D eigenvalue weighted by molar-refractivity contribution is 7.17. The smallest absolute Gasteiger partial charge is 0.274 e. The van der Waals surface area contributed by atoms with Crippen LogP contribution in [0, 0.1) is 5.82 Å². The van der Waals surface area contributed by atoms with Crippen molar-refractivity contribution >= 4 is 34.4 Å². The number of nitrogens with one attached hydrogen (secondary N) is 3. The number of benzene rings is 2. The summed E-state index contributed by atoms with van der Waals surface area (Å²) in [6, 6.07) is 13.4. The maximum atomic E-state index is 13.2. The van der Waals surface area contributed by atoms with E-state index in [0.29, 0.717) is 28.2 Å². The predicted molar refractivity (Wildman–Crippen MR) is 152 cm³/mol. The van der Waals surface area contributed by atoms with Crippen LogP contribution in [0.5, 0.6) is 0 Å². The van der Waals surface area contributed by atoms with Gasteiger partial charge in [0.1, 0.15) is 10.8 Å². The van der Waals surface area contributed by atoms with Gasteiger partial charge in [-0.1, -0.05) is 38.1 Å². The second kappa shape index (κ2) is 13.4. The Hall–Kier alpha value is -3.40. The third kappa shape index (κ3) is 7.12. The van der Waals surface area contributed by atoms with E-state index < -0.39 is 0 Å². The van der Waals surface area contributed by atoms with Gasteiger partial charge in [0.05, 0.1) is 11.8 Å². The molecule has 7 nitrogen and oxygen atoms in total. The maximum absolute atomic E-state index is 13.2. The summed E-state index contributed by atoms with van der Waals surface area (Å²) in [5, 5.41) is 11.0. The molecule has 0 saturated heterocycles. The number of fused-ring (bicyclic) bond motifs is 1. The number of hydrazone groups is 1. The molecule has 200 valence electrons. The first-order chi connectivity index (χ1) is 18.5. The minimum absolute atomic E-state index is 0.251. The highest BCUT2D eigenvalue weighted by Crippen LogP contribution is 2.39. The van der Waals surface area contributed by atoms with Gasteiger partial charge in [-0.2, -0.15) is 5.10 Å². The minimum atomic E-state index is -0.371. The summed E-state index contributed by atoms with van der Waals surface area (Å²) < 4.78 is 13.1. The molecule has 1 aromatic heterocycles. The number of hydrogen-bond donors (Lipinski definition) is 3. The van der Waals surface area contributed by atoms with Gasteiger partial charge in [-0.25, -0.2) is 9.82 Å². The van der Waals surface area contributed by atoms with Gasteiger partial charge in [0, 0.05) is 30.1 Å². The third-order valence-corrected chi connectivity index (χ3v) is 7.85. The first-order valence-electron chi connectivity index (χ1n) is 13.0. The number of halogens is 1. The Labute approximate surface area is 227 Å². The van der Waals surface area contributed by atoms with Crippen molar-refractivity contribution in [1.82, 2.24) is 15.6 Å². The van der Waals surface area contributed by atoms with Crippen molar-refractivity contribution in [3.8, 4) is 0 Å². The maximum Gasteiger partial charge on any atom is 0.274 e. The van der Waals surface area contributed by atoms with Crippen LogP contribution in [-0.2, 0) is 19.4 Å². The van der Waals surface area contributed by atoms with Gasteiger partial charge in [-0.3, -0.25) is 9.59 Å². The van der Waals surface area contributed by atoms with Crippen molar-refractivity contribution in [2.75, 3.05) is 31.5 Å². The highest BCUT2D eigenvalue weighted by Gasteiger charge is 2.27. The molecule has 0 spiro atoms. The molecule has 0 aliphatic heterocycles. The van der Waals surface area contributed by atoms with Gasteiger partial charge >= 0.3 is 0 Å². The van der Waals surface area contributed by atoms with E-state index in [-0.39, 0.29) is 17.6 Å². The lowest BCUT2D eigenvalue weighted by Gasteiger charge is -2.18. The van der Waals surface area contributed by atoms with E-state index in [1.54, 1.807) is 18.2 Å². The van der Waals surface area contributed by atoms with E-state index in [0.717, 1.165) is 61.4 Å². The number of thiophene rings is 1. The Kier molecular flexibility index (Phi) is 9.75. The zero-order chi connectivity index (χ0) is 26.9. The number of aryl methyl sites for hydroxylation is 1. The number of carbonyl (C=O) groups excluding carboxylic acids is 2. The van der Waals surface area contributed by atoms with E-state index in [2.05, 4.69) is 39.9 Å². The molecule has 0 bridgehead atoms. The van der Waals surface area contributed by atoms with Crippen molar-refractivity contribution in [2.45, 2.75) is 39.7 Å². The standard InChI is InChI=1S/C29H34FN5O2S/c1-3-35(4-2)16-15-31-18-21-7-5-8-22(17-21)27(36)33-29-26(24-9-6-10-25(24)38-29)28(37)34-32-19-20-11-13-23(30)14-12-20/h5,7-8,11-14,17,19,31H,3-4,6,9-10,15-16,18H2,1-2H3,(H,33,36)(H,34,37). The summed E-state index contributed by atoms with van der Waals surface area (Å²) in [5.74, 6) is -0.958. The number of likely N-dealkylation sites (N-methyl/N-ethyl adjacent to an activating group) is 1. The van der Waals surface area contributed by atoms with Crippen LogP contribution in [0.1, 0.15) is 62.6 Å². The van der Waals surface area contributed by atoms with Gasteiger partial charge in [-0.05, 0) is 73.3 Å². The van der Waals surface area contributed by atoms with Crippen LogP contribution in [-0.4, -0.2) is 49.1 Å². The van der Waals surface area contributed by atoms with Crippen molar-refractivity contribution in [1.29, 1.82) is 0 Å². The molecule has 0 unspecified atom stereocenters. The number of amides is 2. The van der Waals surface area contributed by atoms with Crippen molar-refractivity contribution < 1.29 is 14.0 Å². The third-order valence-electron chi connectivity index (χ3n) is 6.64. The minimum Gasteiger partial charge on any atom is -0.313 e. The fraction of sp³-hybridized carbons (Fsp3) is 0.345. The number of carbonyl (C=O) groups is 2. The van der Waals surface area contributed by atoms with Gasteiger partial charge in [0.15, 0.2) is 0 Å². The molecule has 1 aliphatic carbocycles. The fourth-order valence-electron chi connectivity index (χ4n) is 4.51. The quantitative estimate of drug-likeness (QED) is 0.176. The molecule has 3 N–H and O–H groups in total. The van der Waals surface area contributed by atoms with Crippen LogP contribution in [0.2, 0.25) is 0 Å². The first kappa shape index (κ1) is 27.6. The lowest BCUT2D eigenvalue weighted by Crippen LogP contribution is -2.31. The summed E-state index contributed by atoms with van der Waals surface area (Å²) in [5.41, 5.74) is 6.25. The number of hydrogen-bond acceptors (Lipinski definition) is 6. The molecule has 2 aromatic carbocycles. The second-order valence-corrected chi connectivity index (χ2v) is 10.3. The summed E-state index contributed by atoms with van der Waals surface area (Å²) in [7, 11) is 0. The monoisotopic (exact) mass is 535 g/mol. The summed E-state index contributed by atoms with van der Waals surface area (Å²) in [4.78, 5) is 29.8. The molecule has 0 saturated carbocycles. The number of anilines is 1. The van der Waals surface area contributed by atoms with E-state index in [9.17, 15) is 14.0 Å². The van der Waals surface area contributed by atoms with Crippen LogP contribution < -0.4 is 16.1 Å². The topological polar surface area (TPSA) is 85.8 Å². The molecule has 9 heteroatoms. The van der Waals surface area contributed by atoms with Crippen molar-refractivity contribution in [2.24, 2.45) is 5.10 Å². The zero-order valence-electron chi connectivity index (χ0n) is 21.9. The van der Waals surface area contributed by atoms with Crippen LogP contribution in [0.3, 0.4) is 0 Å². The highest BCUT2D eigenvalue weighted by atomic mass is 32.1. The van der Waals surface area contributed by atoms with Crippen molar-refractivity contribution in [3.63, 3.8) is 0 Å². The SMILES string of the molecule is CCN(CC)CCNCc1cccc(C(=O)Nc2sc3c(c2C(=O)NN=Cc2ccc(F)cc2)CCC3)c1. The second-order valence-electron chi connectivity index (χ2n) is 9.17. The van der Waals surface area contributed by atoms with E-state index in [1.165, 1.54) is 29.7 Å². The van der Waals surface area contributed by atoms with Crippen molar-refractivity contribution in [3.05, 3.63) is 87.0 Å². The molecular weight excluding hydrogens is 501 g/mol. The summed E-state index contributed by atoms with van der Waals surface area (Å²) in [6.07, 6.45) is 4.13. The first-order valence-corrected chi connectivity index (χ1v) is 13.9. The largest absolute Gasteiger partial charge is 0.313 e. The normalized spacial score (nSPS) is 12.7. The van der Waals surface area contributed by atoms with E-state index in [4.69, 9.17) is 0 Å². The average Bonchev–Trinajstić information content (AvgIpc) is 3.51. The Bertz CT molecular complexity index is 1280. The molecule has 1 aliphatic rings. The molecule has 0 atom stereocenters. The molecule has 3 aromatic rings. The van der Waals surface area contributed by atoms with Crippen LogP contribution in [0.4, 0.5) is 9.39 Å². The van der Waals surface area contributed by atoms with Crippen LogP contribution in [0.15, 0.2) is 53.6 Å². The Morgan fingerprint density at radius 1 is 1.08 bits per heavy atom. The Morgan fingerprint density at radius 3 is 2.63 bits per heavy atom.